The standard InChI is InChI=1S/C15H19ClN2O3/c1-3-15(2)7-9-17(10-8-15)14(19)11-5-4-6-12(16)13(11)18(20)21/h4-6H,3,7-10H2,1-2H3. The first kappa shape index (κ1) is 15.8. The van der Waals surface area contributed by atoms with Crippen LogP contribution in [-0.2, 0) is 0 Å². The average molecular weight is 311 g/mol. The maximum Gasteiger partial charge on any atom is 0.300 e. The minimum atomic E-state index is -0.588. The van der Waals surface area contributed by atoms with E-state index in [1.807, 2.05) is 0 Å². The smallest absolute Gasteiger partial charge is 0.300 e. The van der Waals surface area contributed by atoms with Crippen molar-refractivity contribution >= 4 is 23.2 Å². The van der Waals surface area contributed by atoms with Gasteiger partial charge in [-0.15, -0.1) is 0 Å². The van der Waals surface area contributed by atoms with Gasteiger partial charge in [0.2, 0.25) is 0 Å². The third-order valence-corrected chi connectivity index (χ3v) is 4.82. The second-order valence-corrected chi connectivity index (χ2v) is 6.26. The van der Waals surface area contributed by atoms with Crippen molar-refractivity contribution in [3.05, 3.63) is 38.9 Å². The van der Waals surface area contributed by atoms with Gasteiger partial charge in [0.25, 0.3) is 5.91 Å². The highest BCUT2D eigenvalue weighted by atomic mass is 35.5. The zero-order valence-electron chi connectivity index (χ0n) is 12.3. The maximum absolute atomic E-state index is 12.5. The summed E-state index contributed by atoms with van der Waals surface area (Å²) in [5, 5.41) is 11.1. The van der Waals surface area contributed by atoms with Crippen LogP contribution in [0.15, 0.2) is 18.2 Å². The van der Waals surface area contributed by atoms with Gasteiger partial charge in [-0.2, -0.15) is 0 Å². The molecule has 5 nitrogen and oxygen atoms in total. The molecule has 1 aliphatic heterocycles. The van der Waals surface area contributed by atoms with Crippen LogP contribution >= 0.6 is 11.6 Å². The molecule has 114 valence electrons. The summed E-state index contributed by atoms with van der Waals surface area (Å²) in [7, 11) is 0. The van der Waals surface area contributed by atoms with Crippen LogP contribution in [0.1, 0.15) is 43.5 Å². The first-order chi connectivity index (χ1) is 9.88. The molecule has 21 heavy (non-hydrogen) atoms. The van der Waals surface area contributed by atoms with Crippen molar-refractivity contribution in [1.82, 2.24) is 4.90 Å². The van der Waals surface area contributed by atoms with Gasteiger partial charge < -0.3 is 4.90 Å². The molecular formula is C15H19ClN2O3. The van der Waals surface area contributed by atoms with Gasteiger partial charge in [0.05, 0.1) is 4.92 Å². The summed E-state index contributed by atoms with van der Waals surface area (Å²) in [4.78, 5) is 24.8. The van der Waals surface area contributed by atoms with Gasteiger partial charge in [0.15, 0.2) is 0 Å². The molecule has 0 atom stereocenters. The van der Waals surface area contributed by atoms with E-state index in [4.69, 9.17) is 11.6 Å². The number of nitrogens with zero attached hydrogens (tertiary/aromatic N) is 2. The normalized spacial score (nSPS) is 17.6. The molecule has 0 aromatic heterocycles. The monoisotopic (exact) mass is 310 g/mol. The average Bonchev–Trinajstić information content (AvgIpc) is 2.46. The fourth-order valence-corrected chi connectivity index (χ4v) is 2.89. The third kappa shape index (κ3) is 3.18. The van der Waals surface area contributed by atoms with Crippen molar-refractivity contribution in [2.45, 2.75) is 33.1 Å². The Hall–Kier alpha value is -1.62. The lowest BCUT2D eigenvalue weighted by atomic mass is 9.78. The molecule has 6 heteroatoms. The summed E-state index contributed by atoms with van der Waals surface area (Å²) < 4.78 is 0. The van der Waals surface area contributed by atoms with Gasteiger partial charge in [0.1, 0.15) is 10.6 Å². The number of amides is 1. The number of carbonyl (C=O) groups is 1. The van der Waals surface area contributed by atoms with Crippen LogP contribution < -0.4 is 0 Å². The SMILES string of the molecule is CCC1(C)CCN(C(=O)c2cccc(Cl)c2[N+](=O)[O-])CC1. The molecule has 0 radical (unpaired) electrons. The van der Waals surface area contributed by atoms with E-state index in [1.54, 1.807) is 11.0 Å². The molecule has 0 spiro atoms. The van der Waals surface area contributed by atoms with Gasteiger partial charge in [-0.1, -0.05) is 37.9 Å². The summed E-state index contributed by atoms with van der Waals surface area (Å²) >= 11 is 5.86. The van der Waals surface area contributed by atoms with Gasteiger partial charge in [0, 0.05) is 13.1 Å². The highest BCUT2D eigenvalue weighted by Gasteiger charge is 2.33. The van der Waals surface area contributed by atoms with E-state index in [-0.39, 0.29) is 27.6 Å². The summed E-state index contributed by atoms with van der Waals surface area (Å²) in [6.45, 7) is 5.63. The van der Waals surface area contributed by atoms with E-state index in [0.29, 0.717) is 13.1 Å². The predicted octanol–water partition coefficient (Wildman–Crippen LogP) is 3.90. The van der Waals surface area contributed by atoms with E-state index in [9.17, 15) is 14.9 Å². The molecule has 2 rings (SSSR count). The molecule has 1 aromatic carbocycles. The molecule has 1 aliphatic rings. The van der Waals surface area contributed by atoms with E-state index >= 15 is 0 Å². The Bertz CT molecular complexity index is 566. The van der Waals surface area contributed by atoms with Crippen molar-refractivity contribution < 1.29 is 9.72 Å². The van der Waals surface area contributed by atoms with E-state index in [2.05, 4.69) is 13.8 Å². The molecule has 1 heterocycles. The Morgan fingerprint density at radius 3 is 2.57 bits per heavy atom. The summed E-state index contributed by atoms with van der Waals surface area (Å²) in [5.41, 5.74) is 0.0393. The van der Waals surface area contributed by atoms with Crippen LogP contribution in [0.5, 0.6) is 0 Å². The molecule has 0 N–H and O–H groups in total. The Morgan fingerprint density at radius 1 is 1.43 bits per heavy atom. The lowest BCUT2D eigenvalue weighted by Crippen LogP contribution is -2.42. The second-order valence-electron chi connectivity index (χ2n) is 5.85. The van der Waals surface area contributed by atoms with Crippen LogP contribution in [0.2, 0.25) is 5.02 Å². The summed E-state index contributed by atoms with van der Waals surface area (Å²) in [5.74, 6) is -0.303. The summed E-state index contributed by atoms with van der Waals surface area (Å²) in [6, 6.07) is 4.48. The molecule has 0 saturated carbocycles. The van der Waals surface area contributed by atoms with Crippen LogP contribution in [0.25, 0.3) is 0 Å². The van der Waals surface area contributed by atoms with E-state index in [1.165, 1.54) is 12.1 Å². The Kier molecular flexibility index (Phi) is 4.52. The Balaban J connectivity index is 2.23. The number of halogens is 1. The van der Waals surface area contributed by atoms with Crippen molar-refractivity contribution in [1.29, 1.82) is 0 Å². The fourth-order valence-electron chi connectivity index (χ4n) is 2.65. The van der Waals surface area contributed by atoms with Crippen LogP contribution in [0.4, 0.5) is 5.69 Å². The second kappa shape index (κ2) is 6.02. The topological polar surface area (TPSA) is 63.5 Å². The molecule has 0 aliphatic carbocycles. The highest BCUT2D eigenvalue weighted by molar-refractivity contribution is 6.33. The molecule has 1 aromatic rings. The van der Waals surface area contributed by atoms with Gasteiger partial charge in [-0.05, 0) is 30.4 Å². The molecule has 1 saturated heterocycles. The first-order valence-corrected chi connectivity index (χ1v) is 7.48. The van der Waals surface area contributed by atoms with Crippen molar-refractivity contribution in [3.8, 4) is 0 Å². The van der Waals surface area contributed by atoms with Crippen molar-refractivity contribution in [2.75, 3.05) is 13.1 Å². The number of rotatable bonds is 3. The number of nitro groups is 1. The minimum Gasteiger partial charge on any atom is -0.338 e. The number of piperidine rings is 1. The minimum absolute atomic E-state index is 0.00116. The molecular weight excluding hydrogens is 292 g/mol. The van der Waals surface area contributed by atoms with Gasteiger partial charge in [-0.25, -0.2) is 0 Å². The molecule has 1 amide bonds. The van der Waals surface area contributed by atoms with E-state index in [0.717, 1.165) is 19.3 Å². The highest BCUT2D eigenvalue weighted by Crippen LogP contribution is 2.35. The van der Waals surface area contributed by atoms with Crippen LogP contribution in [-0.4, -0.2) is 28.8 Å². The first-order valence-electron chi connectivity index (χ1n) is 7.10. The number of benzene rings is 1. The van der Waals surface area contributed by atoms with Gasteiger partial charge in [-0.3, -0.25) is 14.9 Å². The van der Waals surface area contributed by atoms with Crippen molar-refractivity contribution in [2.24, 2.45) is 5.41 Å². The fraction of sp³-hybridized carbons (Fsp3) is 0.533. The number of para-hydroxylation sites is 1. The quantitative estimate of drug-likeness (QED) is 0.628. The largest absolute Gasteiger partial charge is 0.338 e. The van der Waals surface area contributed by atoms with Crippen LogP contribution in [0.3, 0.4) is 0 Å². The number of nitro benzene ring substituents is 1. The molecule has 0 bridgehead atoms. The molecule has 0 unspecified atom stereocenters. The number of likely N-dealkylation sites (tertiary alicyclic amines) is 1. The maximum atomic E-state index is 12.5. The number of hydrogen-bond donors (Lipinski definition) is 0. The van der Waals surface area contributed by atoms with Crippen LogP contribution in [0, 0.1) is 15.5 Å². The predicted molar refractivity (Wildman–Crippen MR) is 81.6 cm³/mol. The third-order valence-electron chi connectivity index (χ3n) is 4.51. The lowest BCUT2D eigenvalue weighted by Gasteiger charge is -2.38. The van der Waals surface area contributed by atoms with Gasteiger partial charge >= 0.3 is 5.69 Å². The van der Waals surface area contributed by atoms with E-state index < -0.39 is 4.92 Å². The number of carbonyl (C=O) groups excluding carboxylic acids is 1. The van der Waals surface area contributed by atoms with Crippen molar-refractivity contribution in [3.63, 3.8) is 0 Å². The lowest BCUT2D eigenvalue weighted by molar-refractivity contribution is -0.385. The number of hydrogen-bond acceptors (Lipinski definition) is 3. The zero-order valence-corrected chi connectivity index (χ0v) is 13.0. The Morgan fingerprint density at radius 2 is 2.05 bits per heavy atom. The molecule has 1 fully saturated rings. The summed E-state index contributed by atoms with van der Waals surface area (Å²) in [6.07, 6.45) is 2.92. The zero-order chi connectivity index (χ0) is 15.6. The Labute approximate surface area is 129 Å².